The second-order valence-corrected chi connectivity index (χ2v) is 10.5. The standard InChI is InChI=1S/C27H29Cl2F2N3O2/c1-15-11-18(27(3,30)31)13-22-26(15)32-23(33(22)4)14-20-21(28)6-5-19(25(20)29)16(2)34-9-7-17(8-10-34)12-24(35)36/h5-6,11,13,17H,2,7-10,12,14H2,1,3-4H3,(H,35,36). The lowest BCUT2D eigenvalue weighted by Gasteiger charge is -2.34. The molecule has 192 valence electrons. The van der Waals surface area contributed by atoms with Gasteiger partial charge >= 0.3 is 5.97 Å². The number of benzene rings is 2. The van der Waals surface area contributed by atoms with Gasteiger partial charge in [-0.3, -0.25) is 4.79 Å². The summed E-state index contributed by atoms with van der Waals surface area (Å²) in [5, 5.41) is 10.0. The van der Waals surface area contributed by atoms with Gasteiger partial charge in [0.05, 0.1) is 16.1 Å². The van der Waals surface area contributed by atoms with Crippen LogP contribution in [0.2, 0.25) is 10.0 Å². The summed E-state index contributed by atoms with van der Waals surface area (Å²) in [6.07, 6.45) is 2.06. The maximum atomic E-state index is 14.0. The van der Waals surface area contributed by atoms with Crippen LogP contribution in [0.4, 0.5) is 8.78 Å². The Balaban J connectivity index is 1.62. The molecule has 5 nitrogen and oxygen atoms in total. The van der Waals surface area contributed by atoms with E-state index in [2.05, 4.69) is 11.5 Å². The van der Waals surface area contributed by atoms with Crippen LogP contribution >= 0.6 is 23.2 Å². The van der Waals surface area contributed by atoms with Crippen LogP contribution in [0.5, 0.6) is 0 Å². The number of halogens is 4. The molecule has 4 rings (SSSR count). The van der Waals surface area contributed by atoms with E-state index >= 15 is 0 Å². The molecule has 0 radical (unpaired) electrons. The number of likely N-dealkylation sites (tertiary alicyclic amines) is 1. The number of aryl methyl sites for hydroxylation is 2. The quantitative estimate of drug-likeness (QED) is 0.352. The van der Waals surface area contributed by atoms with Gasteiger partial charge in [0.25, 0.3) is 5.92 Å². The predicted octanol–water partition coefficient (Wildman–Crippen LogP) is 7.05. The first-order valence-electron chi connectivity index (χ1n) is 11.8. The van der Waals surface area contributed by atoms with Crippen molar-refractivity contribution < 1.29 is 18.7 Å². The zero-order chi connectivity index (χ0) is 26.4. The van der Waals surface area contributed by atoms with Crippen LogP contribution in [-0.4, -0.2) is 38.6 Å². The van der Waals surface area contributed by atoms with E-state index in [1.807, 2.05) is 6.07 Å². The first-order valence-corrected chi connectivity index (χ1v) is 12.6. The molecule has 2 heterocycles. The third-order valence-corrected chi connectivity index (χ3v) is 7.85. The van der Waals surface area contributed by atoms with E-state index in [0.717, 1.165) is 31.0 Å². The first-order chi connectivity index (χ1) is 16.9. The van der Waals surface area contributed by atoms with Crippen molar-refractivity contribution in [3.8, 4) is 0 Å². The fourth-order valence-corrected chi connectivity index (χ4v) is 5.50. The highest BCUT2D eigenvalue weighted by molar-refractivity contribution is 6.37. The number of alkyl halides is 2. The molecule has 0 atom stereocenters. The number of aliphatic carboxylic acids is 1. The molecule has 1 aliphatic heterocycles. The van der Waals surface area contributed by atoms with Gasteiger partial charge in [0.2, 0.25) is 0 Å². The Morgan fingerprint density at radius 3 is 2.53 bits per heavy atom. The van der Waals surface area contributed by atoms with Crippen LogP contribution in [-0.2, 0) is 24.2 Å². The van der Waals surface area contributed by atoms with Crippen LogP contribution in [0.1, 0.15) is 54.3 Å². The van der Waals surface area contributed by atoms with Gasteiger partial charge in [-0.1, -0.05) is 29.8 Å². The fourth-order valence-electron chi connectivity index (χ4n) is 4.88. The molecule has 0 saturated carbocycles. The molecular formula is C27H29Cl2F2N3O2. The third-order valence-electron chi connectivity index (χ3n) is 7.07. The average Bonchev–Trinajstić information content (AvgIpc) is 3.12. The number of carboxylic acid groups (broad SMARTS) is 1. The van der Waals surface area contributed by atoms with Crippen molar-refractivity contribution in [2.45, 2.75) is 45.5 Å². The highest BCUT2D eigenvalue weighted by Crippen LogP contribution is 2.37. The number of piperidine rings is 1. The van der Waals surface area contributed by atoms with Crippen molar-refractivity contribution in [3.63, 3.8) is 0 Å². The van der Waals surface area contributed by atoms with Crippen molar-refractivity contribution in [3.05, 3.63) is 69.0 Å². The maximum absolute atomic E-state index is 14.0. The molecule has 2 aromatic carbocycles. The number of aromatic nitrogens is 2. The summed E-state index contributed by atoms with van der Waals surface area (Å²) < 4.78 is 29.8. The zero-order valence-electron chi connectivity index (χ0n) is 20.5. The predicted molar refractivity (Wildman–Crippen MR) is 140 cm³/mol. The average molecular weight is 536 g/mol. The van der Waals surface area contributed by atoms with Gasteiger partial charge in [0, 0.05) is 61.7 Å². The Morgan fingerprint density at radius 2 is 1.92 bits per heavy atom. The van der Waals surface area contributed by atoms with Crippen LogP contribution in [0.15, 0.2) is 30.8 Å². The molecule has 3 aromatic rings. The highest BCUT2D eigenvalue weighted by Gasteiger charge is 2.27. The Hall–Kier alpha value is -2.64. The van der Waals surface area contributed by atoms with E-state index in [-0.39, 0.29) is 17.9 Å². The second kappa shape index (κ2) is 10.0. The van der Waals surface area contributed by atoms with Gasteiger partial charge in [-0.2, -0.15) is 0 Å². The molecule has 1 aromatic heterocycles. The van der Waals surface area contributed by atoms with Crippen molar-refractivity contribution >= 4 is 45.9 Å². The molecule has 0 amide bonds. The van der Waals surface area contributed by atoms with Crippen molar-refractivity contribution in [2.24, 2.45) is 13.0 Å². The SMILES string of the molecule is C=C(c1ccc(Cl)c(Cc2nc3c(C)cc(C(C)(F)F)cc3n2C)c1Cl)N1CCC(CC(=O)O)CC1. The number of hydrogen-bond donors (Lipinski definition) is 1. The normalized spacial score (nSPS) is 15.0. The summed E-state index contributed by atoms with van der Waals surface area (Å²) in [5.74, 6) is -2.90. The number of carboxylic acids is 1. The van der Waals surface area contributed by atoms with Crippen LogP contribution in [0.3, 0.4) is 0 Å². The Bertz CT molecular complexity index is 1340. The van der Waals surface area contributed by atoms with Crippen LogP contribution in [0.25, 0.3) is 16.7 Å². The molecule has 0 spiro atoms. The summed E-state index contributed by atoms with van der Waals surface area (Å²) in [5.41, 5.74) is 4.13. The molecule has 1 saturated heterocycles. The summed E-state index contributed by atoms with van der Waals surface area (Å²) in [4.78, 5) is 17.9. The van der Waals surface area contributed by atoms with E-state index in [1.54, 1.807) is 24.6 Å². The summed E-state index contributed by atoms with van der Waals surface area (Å²) in [6, 6.07) is 6.58. The minimum absolute atomic E-state index is 0.0523. The lowest BCUT2D eigenvalue weighted by molar-refractivity contribution is -0.138. The van der Waals surface area contributed by atoms with Gasteiger partial charge in [-0.05, 0) is 61.1 Å². The monoisotopic (exact) mass is 535 g/mol. The van der Waals surface area contributed by atoms with Crippen LogP contribution < -0.4 is 0 Å². The maximum Gasteiger partial charge on any atom is 0.303 e. The van der Waals surface area contributed by atoms with E-state index < -0.39 is 11.9 Å². The van der Waals surface area contributed by atoms with E-state index in [0.29, 0.717) is 57.5 Å². The first kappa shape index (κ1) is 26.4. The molecule has 9 heteroatoms. The summed E-state index contributed by atoms with van der Waals surface area (Å²) >= 11 is 13.4. The van der Waals surface area contributed by atoms with Gasteiger partial charge in [0.15, 0.2) is 0 Å². The Labute approximate surface area is 219 Å². The summed E-state index contributed by atoms with van der Waals surface area (Å²) in [6.45, 7) is 8.34. The molecule has 0 bridgehead atoms. The third kappa shape index (κ3) is 5.23. The lowest BCUT2D eigenvalue weighted by Crippen LogP contribution is -2.33. The largest absolute Gasteiger partial charge is 0.481 e. The molecular weight excluding hydrogens is 507 g/mol. The van der Waals surface area contributed by atoms with Crippen LogP contribution in [0, 0.1) is 12.8 Å². The number of imidazole rings is 1. The van der Waals surface area contributed by atoms with Gasteiger partial charge in [-0.15, -0.1) is 0 Å². The minimum atomic E-state index is -2.95. The summed E-state index contributed by atoms with van der Waals surface area (Å²) in [7, 11) is 1.80. The van der Waals surface area contributed by atoms with Crippen molar-refractivity contribution in [1.29, 1.82) is 0 Å². The van der Waals surface area contributed by atoms with Gasteiger partial charge < -0.3 is 14.6 Å². The van der Waals surface area contributed by atoms with E-state index in [1.165, 1.54) is 12.1 Å². The Kier molecular flexibility index (Phi) is 7.35. The molecule has 0 unspecified atom stereocenters. The van der Waals surface area contributed by atoms with E-state index in [9.17, 15) is 13.6 Å². The van der Waals surface area contributed by atoms with E-state index in [4.69, 9.17) is 33.3 Å². The number of hydrogen-bond acceptors (Lipinski definition) is 3. The fraction of sp³-hybridized carbons (Fsp3) is 0.407. The number of carbonyl (C=O) groups is 1. The molecule has 1 fully saturated rings. The van der Waals surface area contributed by atoms with Gasteiger partial charge in [-0.25, -0.2) is 13.8 Å². The smallest absolute Gasteiger partial charge is 0.303 e. The number of rotatable bonds is 7. The highest BCUT2D eigenvalue weighted by atomic mass is 35.5. The topological polar surface area (TPSA) is 58.4 Å². The number of fused-ring (bicyclic) bond motifs is 1. The zero-order valence-corrected chi connectivity index (χ0v) is 22.1. The lowest BCUT2D eigenvalue weighted by atomic mass is 9.92. The minimum Gasteiger partial charge on any atom is -0.481 e. The second-order valence-electron chi connectivity index (χ2n) is 9.68. The van der Waals surface area contributed by atoms with Crippen molar-refractivity contribution in [2.75, 3.05) is 13.1 Å². The van der Waals surface area contributed by atoms with Crippen molar-refractivity contribution in [1.82, 2.24) is 14.5 Å². The molecule has 0 aliphatic carbocycles. The van der Waals surface area contributed by atoms with Gasteiger partial charge in [0.1, 0.15) is 5.82 Å². The Morgan fingerprint density at radius 1 is 1.25 bits per heavy atom. The molecule has 36 heavy (non-hydrogen) atoms. The molecule has 1 N–H and O–H groups in total. The molecule has 1 aliphatic rings. The number of nitrogens with zero attached hydrogens (tertiary/aromatic N) is 3.